The molecule has 34 heavy (non-hydrogen) atoms. The second kappa shape index (κ2) is 9.36. The predicted octanol–water partition coefficient (Wildman–Crippen LogP) is 6.23. The fraction of sp³-hybridized carbons (Fsp3) is 0.160. The summed E-state index contributed by atoms with van der Waals surface area (Å²) >= 11 is 3.17. The minimum Gasteiger partial charge on any atom is -0.497 e. The molecule has 172 valence electrons. The number of hydrogen-bond acceptors (Lipinski definition) is 7. The maximum Gasteiger partial charge on any atom is 0.326 e. The summed E-state index contributed by atoms with van der Waals surface area (Å²) in [6.07, 6.45) is 2.01. The highest BCUT2D eigenvalue weighted by molar-refractivity contribution is 7.98. The van der Waals surface area contributed by atoms with Gasteiger partial charge in [0.15, 0.2) is 0 Å². The Bertz CT molecular complexity index is 1350. The number of hydrogen-bond donors (Lipinski definition) is 1. The fourth-order valence-electron chi connectivity index (χ4n) is 3.97. The number of benzene rings is 2. The minimum absolute atomic E-state index is 0.224. The molecule has 2 aromatic heterocycles. The number of carbonyl (C=O) groups is 1. The smallest absolute Gasteiger partial charge is 0.326 e. The van der Waals surface area contributed by atoms with E-state index in [0.29, 0.717) is 11.7 Å². The van der Waals surface area contributed by atoms with E-state index < -0.39 is 6.04 Å². The van der Waals surface area contributed by atoms with Gasteiger partial charge >= 0.3 is 6.03 Å². The van der Waals surface area contributed by atoms with Gasteiger partial charge in [-0.15, -0.1) is 23.1 Å². The lowest BCUT2D eigenvalue weighted by Crippen LogP contribution is -2.46. The van der Waals surface area contributed by atoms with Gasteiger partial charge in [-0.3, -0.25) is 4.90 Å². The van der Waals surface area contributed by atoms with Gasteiger partial charge in [-0.25, -0.2) is 4.79 Å². The summed E-state index contributed by atoms with van der Waals surface area (Å²) in [5.41, 5.74) is 3.13. The fourth-order valence-corrected chi connectivity index (χ4v) is 5.07. The molecule has 0 fully saturated rings. The molecule has 0 aliphatic carbocycles. The first-order chi connectivity index (χ1) is 16.6. The standard InChI is InChI=1S/C25H22N4O3S2/c1-15-21(24-27-23(28-32-24)20-8-5-13-34-20)22(16-9-11-18(31-2)12-10-16)26-25(30)29(15)17-6-4-7-19(14-17)33-3/h4-14,22H,1-3H3,(H,26,30). The maximum absolute atomic E-state index is 13.4. The van der Waals surface area contributed by atoms with Crippen LogP contribution >= 0.6 is 23.1 Å². The van der Waals surface area contributed by atoms with E-state index in [9.17, 15) is 4.79 Å². The van der Waals surface area contributed by atoms with E-state index in [0.717, 1.165) is 38.0 Å². The van der Waals surface area contributed by atoms with Crippen molar-refractivity contribution in [2.24, 2.45) is 0 Å². The van der Waals surface area contributed by atoms with E-state index in [-0.39, 0.29) is 6.03 Å². The number of nitrogens with one attached hydrogen (secondary N) is 1. The number of ether oxygens (including phenoxy) is 1. The van der Waals surface area contributed by atoms with Crippen molar-refractivity contribution in [3.05, 3.63) is 83.2 Å². The Balaban J connectivity index is 1.65. The average Bonchev–Trinajstić information content (AvgIpc) is 3.56. The van der Waals surface area contributed by atoms with E-state index in [1.54, 1.807) is 35.1 Å². The van der Waals surface area contributed by atoms with Crippen LogP contribution in [0.25, 0.3) is 16.3 Å². The summed E-state index contributed by atoms with van der Waals surface area (Å²) < 4.78 is 11.0. The van der Waals surface area contributed by atoms with Crippen molar-refractivity contribution >= 4 is 40.4 Å². The van der Waals surface area contributed by atoms with Gasteiger partial charge < -0.3 is 14.6 Å². The van der Waals surface area contributed by atoms with Crippen LogP contribution in [0.3, 0.4) is 0 Å². The zero-order valence-electron chi connectivity index (χ0n) is 18.8. The van der Waals surface area contributed by atoms with Crippen molar-refractivity contribution in [3.8, 4) is 16.5 Å². The van der Waals surface area contributed by atoms with Crippen molar-refractivity contribution in [2.45, 2.75) is 17.9 Å². The third-order valence-electron chi connectivity index (χ3n) is 5.64. The molecule has 5 rings (SSSR count). The van der Waals surface area contributed by atoms with Crippen LogP contribution in [0.2, 0.25) is 0 Å². The van der Waals surface area contributed by atoms with Crippen LogP contribution in [0.15, 0.2) is 81.2 Å². The summed E-state index contributed by atoms with van der Waals surface area (Å²) in [6, 6.07) is 18.7. The number of amides is 2. The molecule has 4 aromatic rings. The molecule has 0 saturated heterocycles. The van der Waals surface area contributed by atoms with Crippen molar-refractivity contribution < 1.29 is 14.1 Å². The molecule has 1 unspecified atom stereocenters. The van der Waals surface area contributed by atoms with Gasteiger partial charge in [0.25, 0.3) is 5.89 Å². The normalized spacial score (nSPS) is 16.0. The van der Waals surface area contributed by atoms with E-state index in [1.165, 1.54) is 0 Å². The number of aromatic nitrogens is 2. The Labute approximate surface area is 205 Å². The summed E-state index contributed by atoms with van der Waals surface area (Å²) in [7, 11) is 1.62. The van der Waals surface area contributed by atoms with Gasteiger partial charge in [0.2, 0.25) is 5.82 Å². The molecule has 0 bridgehead atoms. The van der Waals surface area contributed by atoms with Crippen LogP contribution in [0.4, 0.5) is 10.5 Å². The molecule has 0 saturated carbocycles. The topological polar surface area (TPSA) is 80.5 Å². The monoisotopic (exact) mass is 490 g/mol. The van der Waals surface area contributed by atoms with Gasteiger partial charge in [-0.1, -0.05) is 29.4 Å². The molecule has 3 heterocycles. The Kier molecular flexibility index (Phi) is 6.12. The number of methoxy groups -OCH3 is 1. The number of carbonyl (C=O) groups excluding carboxylic acids is 1. The maximum atomic E-state index is 13.4. The predicted molar refractivity (Wildman–Crippen MR) is 135 cm³/mol. The Morgan fingerprint density at radius 2 is 1.97 bits per heavy atom. The van der Waals surface area contributed by atoms with Gasteiger partial charge in [-0.2, -0.15) is 4.98 Å². The van der Waals surface area contributed by atoms with E-state index in [1.807, 2.05) is 79.2 Å². The van der Waals surface area contributed by atoms with Crippen LogP contribution in [-0.2, 0) is 0 Å². The minimum atomic E-state index is -0.463. The number of thiophene rings is 1. The van der Waals surface area contributed by atoms with Gasteiger partial charge in [-0.05, 0) is 60.5 Å². The first-order valence-electron chi connectivity index (χ1n) is 10.6. The van der Waals surface area contributed by atoms with Crippen LogP contribution in [0.5, 0.6) is 5.75 Å². The molecular formula is C25H22N4O3S2. The van der Waals surface area contributed by atoms with Crippen LogP contribution < -0.4 is 15.0 Å². The van der Waals surface area contributed by atoms with E-state index >= 15 is 0 Å². The lowest BCUT2D eigenvalue weighted by molar-refractivity contribution is 0.244. The highest BCUT2D eigenvalue weighted by Crippen LogP contribution is 2.40. The van der Waals surface area contributed by atoms with Crippen molar-refractivity contribution in [3.63, 3.8) is 0 Å². The Hall–Kier alpha value is -3.56. The third kappa shape index (κ3) is 4.08. The lowest BCUT2D eigenvalue weighted by atomic mass is 9.94. The molecule has 7 nitrogen and oxygen atoms in total. The number of anilines is 1. The number of allylic oxidation sites excluding steroid dienone is 1. The molecule has 0 spiro atoms. The van der Waals surface area contributed by atoms with Crippen molar-refractivity contribution in [1.29, 1.82) is 0 Å². The van der Waals surface area contributed by atoms with Gasteiger partial charge in [0, 0.05) is 10.6 Å². The molecule has 1 atom stereocenters. The highest BCUT2D eigenvalue weighted by atomic mass is 32.2. The first-order valence-corrected chi connectivity index (χ1v) is 12.7. The van der Waals surface area contributed by atoms with Crippen LogP contribution in [0.1, 0.15) is 24.4 Å². The summed E-state index contributed by atoms with van der Waals surface area (Å²) in [4.78, 5) is 21.7. The Morgan fingerprint density at radius 3 is 2.68 bits per heavy atom. The second-order valence-corrected chi connectivity index (χ2v) is 9.42. The molecule has 1 aliphatic rings. The number of nitrogens with zero attached hydrogens (tertiary/aromatic N) is 3. The third-order valence-corrected chi connectivity index (χ3v) is 7.23. The molecule has 2 amide bonds. The summed E-state index contributed by atoms with van der Waals surface area (Å²) in [5, 5.41) is 9.31. The number of urea groups is 1. The zero-order valence-corrected chi connectivity index (χ0v) is 20.4. The highest BCUT2D eigenvalue weighted by Gasteiger charge is 2.36. The molecular weight excluding hydrogens is 468 g/mol. The molecule has 2 aromatic carbocycles. The largest absolute Gasteiger partial charge is 0.497 e. The van der Waals surface area contributed by atoms with Crippen molar-refractivity contribution in [1.82, 2.24) is 15.5 Å². The number of thioether (sulfide) groups is 1. The summed E-state index contributed by atoms with van der Waals surface area (Å²) in [6.45, 7) is 1.91. The van der Waals surface area contributed by atoms with Crippen LogP contribution in [-0.4, -0.2) is 29.5 Å². The lowest BCUT2D eigenvalue weighted by Gasteiger charge is -2.35. The SMILES string of the molecule is COc1ccc(C2NC(=O)N(c3cccc(SC)c3)C(C)=C2c2nc(-c3cccs3)no2)cc1. The van der Waals surface area contributed by atoms with Crippen molar-refractivity contribution in [2.75, 3.05) is 18.3 Å². The average molecular weight is 491 g/mol. The van der Waals surface area contributed by atoms with Crippen LogP contribution in [0, 0.1) is 0 Å². The van der Waals surface area contributed by atoms with Gasteiger partial charge in [0.05, 0.1) is 29.3 Å². The number of rotatable bonds is 6. The van der Waals surface area contributed by atoms with E-state index in [2.05, 4.69) is 10.5 Å². The quantitative estimate of drug-likeness (QED) is 0.323. The summed E-state index contributed by atoms with van der Waals surface area (Å²) in [5.74, 6) is 1.63. The zero-order chi connectivity index (χ0) is 23.7. The molecule has 9 heteroatoms. The second-order valence-electron chi connectivity index (χ2n) is 7.59. The first kappa shape index (κ1) is 22.2. The molecule has 1 aliphatic heterocycles. The Morgan fingerprint density at radius 1 is 1.15 bits per heavy atom. The van der Waals surface area contributed by atoms with Gasteiger partial charge in [0.1, 0.15) is 5.75 Å². The molecule has 1 N–H and O–H groups in total. The molecule has 0 radical (unpaired) electrons. The van der Waals surface area contributed by atoms with E-state index in [4.69, 9.17) is 14.2 Å².